The molecule has 1 atom stereocenters. The van der Waals surface area contributed by atoms with Crippen LogP contribution in [0, 0.1) is 12.7 Å². The van der Waals surface area contributed by atoms with Crippen LogP contribution in [0.1, 0.15) is 18.1 Å². The molecule has 0 fully saturated rings. The van der Waals surface area contributed by atoms with Crippen LogP contribution < -0.4 is 9.62 Å². The summed E-state index contributed by atoms with van der Waals surface area (Å²) < 4.78 is 42.8. The second kappa shape index (κ2) is 11.5. The van der Waals surface area contributed by atoms with Crippen molar-refractivity contribution < 1.29 is 22.4 Å². The van der Waals surface area contributed by atoms with E-state index in [1.54, 1.807) is 36.4 Å². The van der Waals surface area contributed by atoms with E-state index in [9.17, 15) is 22.4 Å². The van der Waals surface area contributed by atoms with Crippen LogP contribution in [0.3, 0.4) is 0 Å². The largest absolute Gasteiger partial charge is 0.357 e. The Balaban J connectivity index is 2.04. The van der Waals surface area contributed by atoms with E-state index in [-0.39, 0.29) is 17.1 Å². The van der Waals surface area contributed by atoms with Crippen molar-refractivity contribution in [3.63, 3.8) is 0 Å². The highest BCUT2D eigenvalue weighted by molar-refractivity contribution is 7.92. The lowest BCUT2D eigenvalue weighted by molar-refractivity contribution is -0.139. The Morgan fingerprint density at radius 3 is 2.19 bits per heavy atom. The molecule has 0 aliphatic rings. The summed E-state index contributed by atoms with van der Waals surface area (Å²) in [4.78, 5) is 27.2. The Labute approximate surface area is 215 Å². The van der Waals surface area contributed by atoms with Crippen molar-refractivity contribution in [2.75, 3.05) is 17.9 Å². The number of halogens is 2. The molecule has 0 saturated carbocycles. The molecular weight excluding hydrogens is 505 g/mol. The van der Waals surface area contributed by atoms with Crippen molar-refractivity contribution in [1.29, 1.82) is 0 Å². The van der Waals surface area contributed by atoms with Crippen LogP contribution in [-0.4, -0.2) is 44.8 Å². The van der Waals surface area contributed by atoms with E-state index in [2.05, 4.69) is 5.32 Å². The zero-order valence-corrected chi connectivity index (χ0v) is 21.7. The predicted octanol–water partition coefficient (Wildman–Crippen LogP) is 4.15. The van der Waals surface area contributed by atoms with Crippen molar-refractivity contribution in [2.45, 2.75) is 31.3 Å². The average molecular weight is 532 g/mol. The first-order valence-corrected chi connectivity index (χ1v) is 13.0. The van der Waals surface area contributed by atoms with Gasteiger partial charge < -0.3 is 10.2 Å². The topological polar surface area (TPSA) is 86.8 Å². The van der Waals surface area contributed by atoms with E-state index in [1.165, 1.54) is 49.2 Å². The van der Waals surface area contributed by atoms with Gasteiger partial charge in [-0.15, -0.1) is 0 Å². The molecule has 0 aliphatic carbocycles. The van der Waals surface area contributed by atoms with Gasteiger partial charge in [0, 0.05) is 18.6 Å². The summed E-state index contributed by atoms with van der Waals surface area (Å²) in [6.45, 7) is 2.64. The van der Waals surface area contributed by atoms with Crippen molar-refractivity contribution in [3.05, 3.63) is 94.8 Å². The smallest absolute Gasteiger partial charge is 0.264 e. The van der Waals surface area contributed by atoms with Crippen molar-refractivity contribution in [3.8, 4) is 0 Å². The number of rotatable bonds is 9. The first kappa shape index (κ1) is 27.2. The highest BCUT2D eigenvalue weighted by Crippen LogP contribution is 2.27. The van der Waals surface area contributed by atoms with Gasteiger partial charge in [-0.05, 0) is 55.8 Å². The van der Waals surface area contributed by atoms with Gasteiger partial charge in [-0.3, -0.25) is 13.9 Å². The molecule has 0 bridgehead atoms. The van der Waals surface area contributed by atoms with Crippen LogP contribution in [0.25, 0.3) is 0 Å². The summed E-state index contributed by atoms with van der Waals surface area (Å²) in [6.07, 6.45) is 0. The maximum absolute atomic E-state index is 14.8. The number of carbonyl (C=O) groups excluding carboxylic acids is 2. The molecule has 0 radical (unpaired) electrons. The van der Waals surface area contributed by atoms with Crippen LogP contribution in [0.15, 0.2) is 77.7 Å². The number of carbonyl (C=O) groups is 2. The Kier molecular flexibility index (Phi) is 8.70. The Morgan fingerprint density at radius 1 is 1.00 bits per heavy atom. The number of nitrogens with one attached hydrogen (secondary N) is 1. The third-order valence-corrected chi connectivity index (χ3v) is 7.71. The highest BCUT2D eigenvalue weighted by atomic mass is 35.5. The first-order chi connectivity index (χ1) is 17.0. The molecule has 190 valence electrons. The molecule has 36 heavy (non-hydrogen) atoms. The molecular formula is C26H27ClFN3O4S. The standard InChI is InChI=1S/C26H27ClFN3O4S/c1-18-8-14-22(15-9-18)36(34,35)31(24-7-5-4-6-23(24)28)17-25(32)30(19(2)26(33)29-3)16-20-10-12-21(27)13-11-20/h4-15,19H,16-17H2,1-3H3,(H,29,33). The Hall–Kier alpha value is -3.43. The minimum atomic E-state index is -4.32. The van der Waals surface area contributed by atoms with E-state index < -0.39 is 40.2 Å². The maximum atomic E-state index is 14.8. The minimum absolute atomic E-state index is 0.0142. The van der Waals surface area contributed by atoms with E-state index in [0.717, 1.165) is 15.9 Å². The molecule has 0 saturated heterocycles. The second-order valence-electron chi connectivity index (χ2n) is 8.21. The number of amides is 2. The van der Waals surface area contributed by atoms with Gasteiger partial charge in [0.25, 0.3) is 10.0 Å². The first-order valence-electron chi connectivity index (χ1n) is 11.1. The summed E-state index contributed by atoms with van der Waals surface area (Å²) in [5, 5.41) is 3.01. The summed E-state index contributed by atoms with van der Waals surface area (Å²) in [7, 11) is -2.88. The van der Waals surface area contributed by atoms with Crippen LogP contribution in [0.2, 0.25) is 5.02 Å². The Bertz CT molecular complexity index is 1330. The fourth-order valence-electron chi connectivity index (χ4n) is 3.58. The number of nitrogens with zero attached hydrogens (tertiary/aromatic N) is 2. The number of hydrogen-bond donors (Lipinski definition) is 1. The van der Waals surface area contributed by atoms with Crippen LogP contribution in [0.5, 0.6) is 0 Å². The normalized spacial score (nSPS) is 12.0. The summed E-state index contributed by atoms with van der Waals surface area (Å²) in [5.74, 6) is -1.92. The molecule has 3 rings (SSSR count). The number of para-hydroxylation sites is 1. The van der Waals surface area contributed by atoms with Gasteiger partial charge in [-0.2, -0.15) is 0 Å². The third kappa shape index (κ3) is 6.22. The van der Waals surface area contributed by atoms with Gasteiger partial charge in [-0.1, -0.05) is 53.6 Å². The van der Waals surface area contributed by atoms with Crippen molar-refractivity contribution in [2.24, 2.45) is 0 Å². The molecule has 1 unspecified atom stereocenters. The van der Waals surface area contributed by atoms with Gasteiger partial charge in [0.1, 0.15) is 18.4 Å². The molecule has 0 aliphatic heterocycles. The molecule has 10 heteroatoms. The van der Waals surface area contributed by atoms with Crippen LogP contribution in [-0.2, 0) is 26.2 Å². The molecule has 3 aromatic carbocycles. The van der Waals surface area contributed by atoms with Gasteiger partial charge in [0.05, 0.1) is 10.6 Å². The van der Waals surface area contributed by atoms with Gasteiger partial charge >= 0.3 is 0 Å². The number of likely N-dealkylation sites (N-methyl/N-ethyl adjacent to an activating group) is 1. The van der Waals surface area contributed by atoms with Crippen molar-refractivity contribution >= 4 is 39.1 Å². The summed E-state index contributed by atoms with van der Waals surface area (Å²) in [6, 6.07) is 17.2. The van der Waals surface area contributed by atoms with Gasteiger partial charge in [-0.25, -0.2) is 12.8 Å². The van der Waals surface area contributed by atoms with E-state index in [4.69, 9.17) is 11.6 Å². The highest BCUT2D eigenvalue weighted by Gasteiger charge is 2.33. The maximum Gasteiger partial charge on any atom is 0.264 e. The molecule has 2 amide bonds. The zero-order chi connectivity index (χ0) is 26.5. The number of sulfonamides is 1. The third-order valence-electron chi connectivity index (χ3n) is 5.69. The van der Waals surface area contributed by atoms with Crippen molar-refractivity contribution in [1.82, 2.24) is 10.2 Å². The molecule has 3 aromatic rings. The van der Waals surface area contributed by atoms with Crippen LogP contribution >= 0.6 is 11.6 Å². The fourth-order valence-corrected chi connectivity index (χ4v) is 5.13. The fraction of sp³-hybridized carbons (Fsp3) is 0.231. The number of hydrogen-bond acceptors (Lipinski definition) is 4. The Morgan fingerprint density at radius 2 is 1.61 bits per heavy atom. The lowest BCUT2D eigenvalue weighted by Gasteiger charge is -2.31. The molecule has 0 spiro atoms. The summed E-state index contributed by atoms with van der Waals surface area (Å²) in [5.41, 5.74) is 1.25. The second-order valence-corrected chi connectivity index (χ2v) is 10.5. The van der Waals surface area contributed by atoms with E-state index >= 15 is 0 Å². The minimum Gasteiger partial charge on any atom is -0.357 e. The predicted molar refractivity (Wildman–Crippen MR) is 138 cm³/mol. The zero-order valence-electron chi connectivity index (χ0n) is 20.1. The number of anilines is 1. The number of aryl methyl sites for hydroxylation is 1. The average Bonchev–Trinajstić information content (AvgIpc) is 2.86. The van der Waals surface area contributed by atoms with Gasteiger partial charge in [0.2, 0.25) is 11.8 Å². The van der Waals surface area contributed by atoms with Gasteiger partial charge in [0.15, 0.2) is 0 Å². The quantitative estimate of drug-likeness (QED) is 0.449. The lowest BCUT2D eigenvalue weighted by Crippen LogP contribution is -2.50. The monoisotopic (exact) mass is 531 g/mol. The van der Waals surface area contributed by atoms with Crippen LogP contribution in [0.4, 0.5) is 10.1 Å². The molecule has 0 aromatic heterocycles. The lowest BCUT2D eigenvalue weighted by atomic mass is 10.1. The summed E-state index contributed by atoms with van der Waals surface area (Å²) >= 11 is 5.96. The molecule has 0 heterocycles. The SMILES string of the molecule is CNC(=O)C(C)N(Cc1ccc(Cl)cc1)C(=O)CN(c1ccccc1F)S(=O)(=O)c1ccc(C)cc1. The number of benzene rings is 3. The molecule has 7 nitrogen and oxygen atoms in total. The van der Waals surface area contributed by atoms with E-state index in [0.29, 0.717) is 10.6 Å². The van der Waals surface area contributed by atoms with E-state index in [1.807, 2.05) is 6.92 Å². The molecule has 1 N–H and O–H groups in total.